The Labute approximate surface area is 162 Å². The zero-order valence-electron chi connectivity index (χ0n) is 15.6. The van der Waals surface area contributed by atoms with Crippen LogP contribution in [0.2, 0.25) is 0 Å². The number of halogens is 1. The van der Waals surface area contributed by atoms with Gasteiger partial charge in [-0.05, 0) is 25.0 Å². The Balaban J connectivity index is 2.18. The van der Waals surface area contributed by atoms with E-state index in [1.54, 1.807) is 35.8 Å². The number of thioether (sulfide) groups is 1. The summed E-state index contributed by atoms with van der Waals surface area (Å²) in [7, 11) is 0. The second-order valence-electron chi connectivity index (χ2n) is 6.49. The van der Waals surface area contributed by atoms with Gasteiger partial charge >= 0.3 is 0 Å². The van der Waals surface area contributed by atoms with Crippen LogP contribution in [0.1, 0.15) is 20.8 Å². The van der Waals surface area contributed by atoms with E-state index in [0.717, 1.165) is 0 Å². The molecular weight excluding hydrogens is 365 g/mol. The molecule has 0 aliphatic carbocycles. The molecule has 0 aliphatic rings. The Morgan fingerprint density at radius 2 is 2.19 bits per heavy atom. The highest BCUT2D eigenvalue weighted by Gasteiger charge is 2.30. The number of benzene rings is 1. The Hall–Kier alpha value is -2.66. The molecule has 0 aliphatic heterocycles. The van der Waals surface area contributed by atoms with Crippen molar-refractivity contribution in [3.8, 4) is 17.5 Å². The predicted molar refractivity (Wildman–Crippen MR) is 103 cm³/mol. The first-order valence-electron chi connectivity index (χ1n) is 8.46. The van der Waals surface area contributed by atoms with Crippen molar-refractivity contribution >= 4 is 17.7 Å². The van der Waals surface area contributed by atoms with E-state index < -0.39 is 11.4 Å². The minimum atomic E-state index is -0.940. The molecule has 0 radical (unpaired) electrons. The molecule has 6 nitrogen and oxygen atoms in total. The van der Waals surface area contributed by atoms with Crippen molar-refractivity contribution in [2.75, 3.05) is 5.75 Å². The van der Waals surface area contributed by atoms with Gasteiger partial charge < -0.3 is 5.32 Å². The lowest BCUT2D eigenvalue weighted by molar-refractivity contribution is -0.120. The number of carbonyl (C=O) groups excluding carboxylic acids is 1. The Bertz CT molecular complexity index is 873. The van der Waals surface area contributed by atoms with E-state index in [1.165, 1.54) is 17.8 Å². The minimum absolute atomic E-state index is 0.0338. The van der Waals surface area contributed by atoms with Crippen LogP contribution in [0, 0.1) is 23.1 Å². The number of nitrogens with zero attached hydrogens (tertiary/aromatic N) is 4. The van der Waals surface area contributed by atoms with Crippen LogP contribution in [0.4, 0.5) is 4.39 Å². The molecule has 0 fully saturated rings. The van der Waals surface area contributed by atoms with Crippen molar-refractivity contribution < 1.29 is 9.18 Å². The first-order valence-corrected chi connectivity index (χ1v) is 9.45. The fourth-order valence-electron chi connectivity index (χ4n) is 2.29. The van der Waals surface area contributed by atoms with Crippen LogP contribution in [0.5, 0.6) is 0 Å². The Morgan fingerprint density at radius 3 is 2.78 bits per heavy atom. The standard InChI is InChI=1S/C19H22FN5OS/c1-5-10-25-17(14-8-6-7-9-15(14)20)23-24-18(25)27-11-16(26)22-19(4,12-21)13(2)3/h5-9,13H,1,10-11H2,2-4H3,(H,22,26). The molecule has 1 heterocycles. The summed E-state index contributed by atoms with van der Waals surface area (Å²) in [5.41, 5.74) is -0.606. The van der Waals surface area contributed by atoms with Crippen molar-refractivity contribution in [3.63, 3.8) is 0 Å². The third-order valence-electron chi connectivity index (χ3n) is 4.26. The number of amides is 1. The summed E-state index contributed by atoms with van der Waals surface area (Å²) < 4.78 is 15.8. The highest BCUT2D eigenvalue weighted by molar-refractivity contribution is 7.99. The van der Waals surface area contributed by atoms with E-state index in [1.807, 2.05) is 13.8 Å². The SMILES string of the molecule is C=CCn1c(SCC(=O)NC(C)(C#N)C(C)C)nnc1-c1ccccc1F. The number of carbonyl (C=O) groups is 1. The molecule has 0 bridgehead atoms. The van der Waals surface area contributed by atoms with Crippen molar-refractivity contribution in [2.45, 2.75) is 38.0 Å². The Kier molecular flexibility index (Phi) is 6.75. The van der Waals surface area contributed by atoms with Crippen molar-refractivity contribution in [2.24, 2.45) is 5.92 Å². The third kappa shape index (κ3) is 4.74. The summed E-state index contributed by atoms with van der Waals surface area (Å²) in [6.45, 7) is 9.53. The summed E-state index contributed by atoms with van der Waals surface area (Å²) in [6, 6.07) is 8.45. The second-order valence-corrected chi connectivity index (χ2v) is 7.43. The zero-order chi connectivity index (χ0) is 20.0. The molecule has 142 valence electrons. The van der Waals surface area contributed by atoms with Crippen LogP contribution < -0.4 is 5.32 Å². The van der Waals surface area contributed by atoms with Gasteiger partial charge in [-0.25, -0.2) is 4.39 Å². The molecule has 0 spiro atoms. The maximum Gasteiger partial charge on any atom is 0.231 e. The molecule has 1 amide bonds. The van der Waals surface area contributed by atoms with E-state index in [2.05, 4.69) is 28.2 Å². The average Bonchev–Trinajstić information content (AvgIpc) is 3.03. The van der Waals surface area contributed by atoms with Gasteiger partial charge in [-0.3, -0.25) is 9.36 Å². The average molecular weight is 387 g/mol. The molecule has 1 N–H and O–H groups in total. The van der Waals surface area contributed by atoms with E-state index >= 15 is 0 Å². The fourth-order valence-corrected chi connectivity index (χ4v) is 3.04. The van der Waals surface area contributed by atoms with E-state index in [0.29, 0.717) is 23.1 Å². The van der Waals surface area contributed by atoms with Crippen LogP contribution in [0.3, 0.4) is 0 Å². The summed E-state index contributed by atoms with van der Waals surface area (Å²) in [6.07, 6.45) is 1.66. The molecular formula is C19H22FN5OS. The monoisotopic (exact) mass is 387 g/mol. The zero-order valence-corrected chi connectivity index (χ0v) is 16.4. The molecule has 0 saturated heterocycles. The highest BCUT2D eigenvalue weighted by Crippen LogP contribution is 2.26. The van der Waals surface area contributed by atoms with Crippen LogP contribution in [-0.2, 0) is 11.3 Å². The normalized spacial score (nSPS) is 13.0. The molecule has 1 atom stereocenters. The molecule has 1 unspecified atom stereocenters. The number of allylic oxidation sites excluding steroid dienone is 1. The van der Waals surface area contributed by atoms with Gasteiger partial charge in [0.15, 0.2) is 11.0 Å². The number of hydrogen-bond donors (Lipinski definition) is 1. The highest BCUT2D eigenvalue weighted by atomic mass is 32.2. The van der Waals surface area contributed by atoms with E-state index in [9.17, 15) is 14.4 Å². The molecule has 1 aromatic heterocycles. The van der Waals surface area contributed by atoms with Crippen LogP contribution in [-0.4, -0.2) is 32.0 Å². The lowest BCUT2D eigenvalue weighted by atomic mass is 9.90. The van der Waals surface area contributed by atoms with Gasteiger partial charge in [0.25, 0.3) is 0 Å². The van der Waals surface area contributed by atoms with Crippen molar-refractivity contribution in [3.05, 3.63) is 42.7 Å². The number of nitrogens with one attached hydrogen (secondary N) is 1. The van der Waals surface area contributed by atoms with Crippen molar-refractivity contribution in [1.29, 1.82) is 5.26 Å². The predicted octanol–water partition coefficient (Wildman–Crippen LogP) is 3.42. The first kappa shape index (κ1) is 20.6. The van der Waals surface area contributed by atoms with Gasteiger partial charge in [0.05, 0.1) is 17.4 Å². The van der Waals surface area contributed by atoms with Gasteiger partial charge in [0, 0.05) is 6.54 Å². The number of nitriles is 1. The number of rotatable bonds is 8. The summed E-state index contributed by atoms with van der Waals surface area (Å²) in [4.78, 5) is 12.3. The van der Waals surface area contributed by atoms with Crippen LogP contribution in [0.15, 0.2) is 42.1 Å². The number of aromatic nitrogens is 3. The molecule has 27 heavy (non-hydrogen) atoms. The van der Waals surface area contributed by atoms with E-state index in [4.69, 9.17) is 0 Å². The van der Waals surface area contributed by atoms with Crippen molar-refractivity contribution in [1.82, 2.24) is 20.1 Å². The lowest BCUT2D eigenvalue weighted by Gasteiger charge is -2.27. The largest absolute Gasteiger partial charge is 0.337 e. The Morgan fingerprint density at radius 1 is 1.48 bits per heavy atom. The van der Waals surface area contributed by atoms with Gasteiger partial charge in [0.2, 0.25) is 5.91 Å². The second kappa shape index (κ2) is 8.82. The summed E-state index contributed by atoms with van der Waals surface area (Å²) >= 11 is 1.18. The van der Waals surface area contributed by atoms with Crippen LogP contribution in [0.25, 0.3) is 11.4 Å². The molecule has 8 heteroatoms. The van der Waals surface area contributed by atoms with Gasteiger partial charge in [0.1, 0.15) is 11.4 Å². The summed E-state index contributed by atoms with van der Waals surface area (Å²) in [5.74, 6) is -0.269. The molecule has 2 rings (SSSR count). The fraction of sp³-hybridized carbons (Fsp3) is 0.368. The lowest BCUT2D eigenvalue weighted by Crippen LogP contribution is -2.49. The summed E-state index contributed by atoms with van der Waals surface area (Å²) in [5, 5.41) is 20.7. The molecule has 2 aromatic rings. The van der Waals surface area contributed by atoms with Gasteiger partial charge in [-0.1, -0.05) is 43.8 Å². The smallest absolute Gasteiger partial charge is 0.231 e. The molecule has 1 aromatic carbocycles. The third-order valence-corrected chi connectivity index (χ3v) is 5.23. The topological polar surface area (TPSA) is 83.6 Å². The number of hydrogen-bond acceptors (Lipinski definition) is 5. The van der Waals surface area contributed by atoms with E-state index in [-0.39, 0.29) is 17.6 Å². The first-order chi connectivity index (χ1) is 12.8. The maximum absolute atomic E-state index is 14.1. The minimum Gasteiger partial charge on any atom is -0.337 e. The van der Waals surface area contributed by atoms with Gasteiger partial charge in [-0.2, -0.15) is 5.26 Å². The quantitative estimate of drug-likeness (QED) is 0.554. The maximum atomic E-state index is 14.1. The van der Waals surface area contributed by atoms with Crippen LogP contribution >= 0.6 is 11.8 Å². The van der Waals surface area contributed by atoms with Gasteiger partial charge in [-0.15, -0.1) is 16.8 Å². The molecule has 0 saturated carbocycles.